The zero-order valence-electron chi connectivity index (χ0n) is 51.4. The predicted molar refractivity (Wildman–Crippen MR) is 375 cm³/mol. The number of carbonyl (C=O) groups excluding carboxylic acids is 1. The van der Waals surface area contributed by atoms with Gasteiger partial charge in [0.15, 0.2) is 0 Å². The van der Waals surface area contributed by atoms with Crippen LogP contribution in [0, 0.1) is 0 Å². The van der Waals surface area contributed by atoms with Crippen molar-refractivity contribution in [1.29, 1.82) is 0 Å². The third kappa shape index (κ3) is 62.9. The number of halogens is 1. The third-order valence-electron chi connectivity index (χ3n) is 15.2. The molecule has 0 aromatic carbocycles. The Morgan fingerprint density at radius 1 is 0.377 bits per heavy atom. The molecule has 1 amide bonds. The van der Waals surface area contributed by atoms with Gasteiger partial charge in [0.05, 0.1) is 5.88 Å². The molecule has 5 unspecified atom stereocenters. The van der Waals surface area contributed by atoms with Gasteiger partial charge in [0.25, 0.3) is 0 Å². The van der Waals surface area contributed by atoms with Gasteiger partial charge in [-0.3, -0.25) is 4.79 Å². The van der Waals surface area contributed by atoms with Gasteiger partial charge in [-0.25, -0.2) is 0 Å². The van der Waals surface area contributed by atoms with Crippen LogP contribution in [0.1, 0.15) is 362 Å². The summed E-state index contributed by atoms with van der Waals surface area (Å²) in [5.41, 5.74) is 0.359. The van der Waals surface area contributed by atoms with E-state index in [1.807, 2.05) is 22.8 Å². The van der Waals surface area contributed by atoms with Crippen LogP contribution < -0.4 is 5.32 Å². The van der Waals surface area contributed by atoms with E-state index >= 15 is 0 Å². The van der Waals surface area contributed by atoms with E-state index in [2.05, 4.69) is 48.9 Å². The van der Waals surface area contributed by atoms with Crippen LogP contribution >= 0.6 is 71.7 Å². The Labute approximate surface area is 518 Å². The van der Waals surface area contributed by atoms with E-state index in [1.54, 1.807) is 22.8 Å². The molecule has 0 aliphatic rings. The minimum Gasteiger partial charge on any atom is -0.367 e. The van der Waals surface area contributed by atoms with Crippen LogP contribution in [-0.4, -0.2) is 46.4 Å². The fraction of sp³-hybridized carbons (Fsp3) is 0.984. The van der Waals surface area contributed by atoms with Gasteiger partial charge in [-0.1, -0.05) is 397 Å². The number of unbranched alkanes of at least 4 members (excludes halogenated alkanes) is 46. The first-order valence-electron chi connectivity index (χ1n) is 33.7. The number of amides is 1. The lowest BCUT2D eigenvalue weighted by Gasteiger charge is -2.19. The number of hydrogen-bond donors (Lipinski definition) is 1. The minimum absolute atomic E-state index is 0.0491. The molecular weight excluding hydrogens is 1160 g/mol. The highest BCUT2D eigenvalue weighted by atomic mass is 79.9. The molecule has 4 nitrogen and oxygen atoms in total. The summed E-state index contributed by atoms with van der Waals surface area (Å²) in [6.45, 7) is 10.9. The zero-order valence-corrected chi connectivity index (χ0v) is 59.9. The van der Waals surface area contributed by atoms with Crippen LogP contribution in [0.3, 0.4) is 0 Å². The summed E-state index contributed by atoms with van der Waals surface area (Å²) in [6, 6.07) is 0. The van der Waals surface area contributed by atoms with Crippen molar-refractivity contribution in [1.82, 2.24) is 5.32 Å². The maximum absolute atomic E-state index is 13.3. The second-order valence-corrected chi connectivity index (χ2v) is 42.8. The zero-order chi connectivity index (χ0) is 56.0. The van der Waals surface area contributed by atoms with Crippen LogP contribution in [0.25, 0.3) is 0 Å². The Kier molecular flexibility index (Phi) is 70.0. The molecule has 0 bridgehead atoms. The number of nitrogens with one attached hydrogen (secondary N) is 1. The Hall–Kier alpha value is 2.57. The molecule has 0 aromatic rings. The van der Waals surface area contributed by atoms with Crippen molar-refractivity contribution in [2.75, 3.05) is 24.8 Å². The second kappa shape index (κ2) is 67.7. The molecule has 0 aromatic heterocycles. The fourth-order valence-electron chi connectivity index (χ4n) is 10.1. The minimum atomic E-state index is -1.20. The van der Waals surface area contributed by atoms with Crippen molar-refractivity contribution >= 4 is 101 Å². The molecule has 1 N–H and O–H groups in total. The topological polar surface area (TPSA) is 47.6 Å². The second-order valence-electron chi connectivity index (χ2n) is 22.8. The summed E-state index contributed by atoms with van der Waals surface area (Å²) < 4.78 is 13.2. The van der Waals surface area contributed by atoms with Gasteiger partial charge in [-0.2, -0.15) is 0 Å². The molecule has 462 valence electrons. The number of alkyl halides is 1. The van der Waals surface area contributed by atoms with Gasteiger partial charge < -0.3 is 14.8 Å². The molecule has 0 fully saturated rings. The molecule has 0 aliphatic heterocycles. The largest absolute Gasteiger partial charge is 0.367 e. The van der Waals surface area contributed by atoms with E-state index in [4.69, 9.17) is 33.1 Å². The Balaban J connectivity index is 4.79. The Morgan fingerprint density at radius 2 is 0.610 bits per heavy atom. The Bertz CT molecular complexity index is 1230. The molecule has 77 heavy (non-hydrogen) atoms. The molecule has 0 saturated heterocycles. The molecule has 0 rings (SSSR count). The standard InChI is InChI=1S/C64H130BrNO3P2S6/c1-5-9-13-17-21-25-29-33-37-41-45-49-53-57-68-62(55-51-47-43-39-35-31-27-23-19-15-11-7-3)76-70(72)74-59-61(65)64(67)66-60-75-71(73)77-63(56-52-48-44-40-36-32-28-24-20-16-12-8-4)69-58-54-50-46-42-38-34-30-26-22-18-14-10-6-2/h61-63,70-71H,5-60H2,1-4H3,(H,66,67). The molecule has 0 heterocycles. The van der Waals surface area contributed by atoms with Crippen molar-refractivity contribution in [3.8, 4) is 0 Å². The van der Waals surface area contributed by atoms with Crippen molar-refractivity contribution in [3.05, 3.63) is 0 Å². The summed E-state index contributed by atoms with van der Waals surface area (Å²) in [5, 5.41) is 0.804. The van der Waals surface area contributed by atoms with E-state index in [0.717, 1.165) is 38.9 Å². The van der Waals surface area contributed by atoms with Crippen LogP contribution in [0.4, 0.5) is 0 Å². The lowest BCUT2D eigenvalue weighted by molar-refractivity contribution is -0.119. The van der Waals surface area contributed by atoms with Gasteiger partial charge in [0.1, 0.15) is 15.7 Å². The first kappa shape index (κ1) is 79.6. The SMILES string of the molecule is CCCCCCCCCCCCCCCOC(CCCCCCCCCCCCCC)S[PH](=S)SCNC(=O)C(Br)CS[PH](=S)SC(CCCCCCCCCCCCCC)OCCCCCCCCCCCCCCC. The fourth-order valence-corrected chi connectivity index (χ4v) is 25.3. The number of carbonyl (C=O) groups is 1. The van der Waals surface area contributed by atoms with Crippen LogP contribution in [0.15, 0.2) is 0 Å². The van der Waals surface area contributed by atoms with Crippen molar-refractivity contribution in [2.45, 2.75) is 377 Å². The van der Waals surface area contributed by atoms with Gasteiger partial charge in [0.2, 0.25) is 5.91 Å². The molecule has 0 aliphatic carbocycles. The van der Waals surface area contributed by atoms with Gasteiger partial charge in [-0.05, 0) is 38.5 Å². The summed E-state index contributed by atoms with van der Waals surface area (Å²) in [6.07, 6.45) is 70.6. The van der Waals surface area contributed by atoms with Crippen LogP contribution in [-0.2, 0) is 37.9 Å². The van der Waals surface area contributed by atoms with E-state index in [0.29, 0.717) is 11.6 Å². The highest BCUT2D eigenvalue weighted by Crippen LogP contribution is 2.55. The first-order valence-corrected chi connectivity index (χ1v) is 46.5. The predicted octanol–water partition coefficient (Wildman–Crippen LogP) is 25.8. The van der Waals surface area contributed by atoms with Gasteiger partial charge in [0, 0.05) is 29.2 Å². The van der Waals surface area contributed by atoms with E-state index < -0.39 is 10.2 Å². The maximum atomic E-state index is 13.3. The quantitative estimate of drug-likeness (QED) is 0.0278. The number of rotatable bonds is 67. The summed E-state index contributed by atoms with van der Waals surface area (Å²) >= 11 is 23.3. The molecule has 0 radical (unpaired) electrons. The van der Waals surface area contributed by atoms with E-state index in [1.165, 1.54) is 308 Å². The lowest BCUT2D eigenvalue weighted by Crippen LogP contribution is -2.31. The van der Waals surface area contributed by atoms with E-state index in [9.17, 15) is 4.79 Å². The van der Waals surface area contributed by atoms with Crippen LogP contribution in [0.5, 0.6) is 0 Å². The summed E-state index contributed by atoms with van der Waals surface area (Å²) in [4.78, 5) is 13.0. The summed E-state index contributed by atoms with van der Waals surface area (Å²) in [5.74, 6) is 1.31. The average molecular weight is 1300 g/mol. The molecule has 0 saturated carbocycles. The first-order chi connectivity index (χ1) is 37.9. The average Bonchev–Trinajstić information content (AvgIpc) is 3.42. The van der Waals surface area contributed by atoms with Crippen molar-refractivity contribution in [3.63, 3.8) is 0 Å². The molecular formula is C64H130BrNO3P2S6. The normalized spacial score (nSPS) is 13.8. The van der Waals surface area contributed by atoms with Gasteiger partial charge in [-0.15, -0.1) is 11.4 Å². The summed E-state index contributed by atoms with van der Waals surface area (Å²) in [7, 11) is 0. The highest BCUT2D eigenvalue weighted by molar-refractivity contribution is 9.10. The lowest BCUT2D eigenvalue weighted by atomic mass is 10.0. The molecule has 0 spiro atoms. The maximum Gasteiger partial charge on any atom is 0.235 e. The highest BCUT2D eigenvalue weighted by Gasteiger charge is 2.19. The number of ether oxygens (including phenoxy) is 2. The molecule has 13 heteroatoms. The molecule has 5 atom stereocenters. The van der Waals surface area contributed by atoms with Crippen molar-refractivity contribution < 1.29 is 14.3 Å². The Morgan fingerprint density at radius 3 is 0.883 bits per heavy atom. The number of hydrogen-bond acceptors (Lipinski definition) is 9. The third-order valence-corrected chi connectivity index (χ3v) is 32.1. The van der Waals surface area contributed by atoms with Crippen LogP contribution in [0.2, 0.25) is 0 Å². The smallest absolute Gasteiger partial charge is 0.235 e. The van der Waals surface area contributed by atoms with E-state index in [-0.39, 0.29) is 21.6 Å². The monoisotopic (exact) mass is 1290 g/mol. The van der Waals surface area contributed by atoms with Gasteiger partial charge >= 0.3 is 0 Å². The van der Waals surface area contributed by atoms with Crippen molar-refractivity contribution in [2.24, 2.45) is 0 Å².